The predicted octanol–water partition coefficient (Wildman–Crippen LogP) is 4.25. The second-order valence-electron chi connectivity index (χ2n) is 7.62. The van der Waals surface area contributed by atoms with Crippen molar-refractivity contribution in [3.05, 3.63) is 29.0 Å². The van der Waals surface area contributed by atoms with Gasteiger partial charge in [0, 0.05) is 31.8 Å². The number of halogens is 2. The first kappa shape index (κ1) is 23.4. The summed E-state index contributed by atoms with van der Waals surface area (Å²) in [6.45, 7) is 12.0. The third-order valence-electron chi connectivity index (χ3n) is 4.38. The van der Waals surface area contributed by atoms with E-state index in [0.717, 1.165) is 37.6 Å². The standard InChI is InChI=1S/C19H31ClN4O.HI/c1-5-21-18(23-12-14-8-9-16(20)22-11-14)24-13-15-7-6-10-25-17(15)19(2,3)4;/h8-9,11,15,17H,5-7,10,12-13H2,1-4H3,(H2,21,23,24);1H. The van der Waals surface area contributed by atoms with E-state index in [4.69, 9.17) is 16.3 Å². The van der Waals surface area contributed by atoms with Crippen molar-refractivity contribution in [1.29, 1.82) is 0 Å². The minimum Gasteiger partial charge on any atom is -0.377 e. The summed E-state index contributed by atoms with van der Waals surface area (Å²) in [6.07, 6.45) is 4.36. The first-order valence-corrected chi connectivity index (χ1v) is 9.52. The van der Waals surface area contributed by atoms with Gasteiger partial charge in [0.05, 0.1) is 12.6 Å². The van der Waals surface area contributed by atoms with E-state index < -0.39 is 0 Å². The highest BCUT2D eigenvalue weighted by Gasteiger charge is 2.35. The van der Waals surface area contributed by atoms with Gasteiger partial charge in [0.25, 0.3) is 0 Å². The number of hydrogen-bond acceptors (Lipinski definition) is 3. The SMILES string of the molecule is CCNC(=NCc1ccc(Cl)nc1)NCC1CCCOC1C(C)(C)C.I. The molecule has 0 aromatic carbocycles. The van der Waals surface area contributed by atoms with Crippen LogP contribution in [-0.4, -0.2) is 36.7 Å². The number of pyridine rings is 1. The highest BCUT2D eigenvalue weighted by molar-refractivity contribution is 14.0. The minimum atomic E-state index is 0. The molecule has 148 valence electrons. The van der Waals surface area contributed by atoms with E-state index in [9.17, 15) is 0 Å². The molecule has 26 heavy (non-hydrogen) atoms. The van der Waals surface area contributed by atoms with Crippen molar-refractivity contribution in [3.8, 4) is 0 Å². The van der Waals surface area contributed by atoms with Crippen molar-refractivity contribution in [2.24, 2.45) is 16.3 Å². The average Bonchev–Trinajstić information content (AvgIpc) is 2.58. The van der Waals surface area contributed by atoms with Crippen LogP contribution in [0.4, 0.5) is 0 Å². The van der Waals surface area contributed by atoms with E-state index in [-0.39, 0.29) is 35.5 Å². The molecule has 0 saturated carbocycles. The monoisotopic (exact) mass is 494 g/mol. The molecule has 2 atom stereocenters. The van der Waals surface area contributed by atoms with Crippen LogP contribution in [0.5, 0.6) is 0 Å². The van der Waals surface area contributed by atoms with Crippen LogP contribution in [0.1, 0.15) is 46.1 Å². The number of hydrogen-bond donors (Lipinski definition) is 2. The van der Waals surface area contributed by atoms with Gasteiger partial charge in [-0.15, -0.1) is 24.0 Å². The Kier molecular flexibility index (Phi) is 10.2. The molecule has 2 heterocycles. The molecule has 2 N–H and O–H groups in total. The molecule has 1 aliphatic heterocycles. The lowest BCUT2D eigenvalue weighted by molar-refractivity contribution is -0.0835. The van der Waals surface area contributed by atoms with Gasteiger partial charge in [-0.3, -0.25) is 0 Å². The van der Waals surface area contributed by atoms with Crippen LogP contribution in [0.3, 0.4) is 0 Å². The van der Waals surface area contributed by atoms with Crippen LogP contribution in [0.25, 0.3) is 0 Å². The number of ether oxygens (including phenoxy) is 1. The molecule has 0 aliphatic carbocycles. The molecule has 2 unspecified atom stereocenters. The lowest BCUT2D eigenvalue weighted by atomic mass is 9.78. The molecule has 2 rings (SSSR count). The number of aromatic nitrogens is 1. The number of aliphatic imine (C=N–C) groups is 1. The van der Waals surface area contributed by atoms with Gasteiger partial charge in [0.2, 0.25) is 0 Å². The zero-order valence-electron chi connectivity index (χ0n) is 16.2. The smallest absolute Gasteiger partial charge is 0.191 e. The summed E-state index contributed by atoms with van der Waals surface area (Å²) in [5.74, 6) is 1.32. The van der Waals surface area contributed by atoms with Crippen molar-refractivity contribution >= 4 is 41.5 Å². The highest BCUT2D eigenvalue weighted by atomic mass is 127. The van der Waals surface area contributed by atoms with E-state index in [0.29, 0.717) is 17.6 Å². The van der Waals surface area contributed by atoms with Crippen molar-refractivity contribution in [2.45, 2.75) is 53.2 Å². The van der Waals surface area contributed by atoms with E-state index in [2.05, 4.69) is 48.3 Å². The largest absolute Gasteiger partial charge is 0.377 e. The summed E-state index contributed by atoms with van der Waals surface area (Å²) in [4.78, 5) is 8.75. The van der Waals surface area contributed by atoms with Gasteiger partial charge in [-0.1, -0.05) is 38.4 Å². The predicted molar refractivity (Wildman–Crippen MR) is 119 cm³/mol. The Bertz CT molecular complexity index is 560. The van der Waals surface area contributed by atoms with E-state index in [1.807, 2.05) is 6.07 Å². The first-order valence-electron chi connectivity index (χ1n) is 9.14. The third-order valence-corrected chi connectivity index (χ3v) is 4.61. The Morgan fingerprint density at radius 1 is 1.35 bits per heavy atom. The minimum absolute atomic E-state index is 0. The van der Waals surface area contributed by atoms with Crippen LogP contribution in [-0.2, 0) is 11.3 Å². The maximum absolute atomic E-state index is 6.07. The van der Waals surface area contributed by atoms with Crippen molar-refractivity contribution < 1.29 is 4.74 Å². The lowest BCUT2D eigenvalue weighted by Gasteiger charge is -2.40. The summed E-state index contributed by atoms with van der Waals surface area (Å²) in [5, 5.41) is 7.30. The zero-order valence-corrected chi connectivity index (χ0v) is 19.3. The fraction of sp³-hybridized carbons (Fsp3) is 0.684. The summed E-state index contributed by atoms with van der Waals surface area (Å²) < 4.78 is 6.07. The summed E-state index contributed by atoms with van der Waals surface area (Å²) >= 11 is 5.83. The number of nitrogens with one attached hydrogen (secondary N) is 2. The molecule has 0 spiro atoms. The van der Waals surface area contributed by atoms with Crippen molar-refractivity contribution in [3.63, 3.8) is 0 Å². The summed E-state index contributed by atoms with van der Waals surface area (Å²) in [5.41, 5.74) is 1.19. The van der Waals surface area contributed by atoms with E-state index in [1.165, 1.54) is 6.42 Å². The summed E-state index contributed by atoms with van der Waals surface area (Å²) in [7, 11) is 0. The Morgan fingerprint density at radius 3 is 2.73 bits per heavy atom. The maximum atomic E-state index is 6.07. The molecule has 1 aromatic rings. The molecule has 1 fully saturated rings. The maximum Gasteiger partial charge on any atom is 0.191 e. The normalized spacial score (nSPS) is 21.0. The number of guanidine groups is 1. The van der Waals surface area contributed by atoms with Gasteiger partial charge in [-0.2, -0.15) is 0 Å². The average molecular weight is 495 g/mol. The topological polar surface area (TPSA) is 58.5 Å². The highest BCUT2D eigenvalue weighted by Crippen LogP contribution is 2.33. The second kappa shape index (κ2) is 11.3. The third kappa shape index (κ3) is 7.56. The van der Waals surface area contributed by atoms with Crippen LogP contribution in [0.2, 0.25) is 5.15 Å². The van der Waals surface area contributed by atoms with Gasteiger partial charge in [0.1, 0.15) is 5.15 Å². The molecular weight excluding hydrogens is 463 g/mol. The Hall–Kier alpha value is -0.600. The fourth-order valence-electron chi connectivity index (χ4n) is 3.25. The first-order chi connectivity index (χ1) is 11.9. The Labute approximate surface area is 179 Å². The summed E-state index contributed by atoms with van der Waals surface area (Å²) in [6, 6.07) is 3.74. The van der Waals surface area contributed by atoms with Gasteiger partial charge >= 0.3 is 0 Å². The van der Waals surface area contributed by atoms with Crippen LogP contribution >= 0.6 is 35.6 Å². The van der Waals surface area contributed by atoms with Crippen LogP contribution in [0, 0.1) is 11.3 Å². The Morgan fingerprint density at radius 2 is 2.12 bits per heavy atom. The molecule has 0 amide bonds. The molecular formula is C19H32ClIN4O. The van der Waals surface area contributed by atoms with Gasteiger partial charge < -0.3 is 15.4 Å². The van der Waals surface area contributed by atoms with Crippen LogP contribution in [0.15, 0.2) is 23.3 Å². The van der Waals surface area contributed by atoms with Crippen molar-refractivity contribution in [1.82, 2.24) is 15.6 Å². The molecule has 0 radical (unpaired) electrons. The van der Waals surface area contributed by atoms with Crippen molar-refractivity contribution in [2.75, 3.05) is 19.7 Å². The number of nitrogens with zero attached hydrogens (tertiary/aromatic N) is 2. The molecule has 0 bridgehead atoms. The Balaban J connectivity index is 0.00000338. The van der Waals surface area contributed by atoms with Gasteiger partial charge in [0.15, 0.2) is 5.96 Å². The molecule has 1 saturated heterocycles. The quantitative estimate of drug-likeness (QED) is 0.278. The van der Waals surface area contributed by atoms with Gasteiger partial charge in [-0.05, 0) is 36.8 Å². The zero-order chi connectivity index (χ0) is 18.3. The lowest BCUT2D eigenvalue weighted by Crippen LogP contribution is -2.47. The van der Waals surface area contributed by atoms with E-state index >= 15 is 0 Å². The fourth-order valence-corrected chi connectivity index (χ4v) is 3.36. The van der Waals surface area contributed by atoms with E-state index in [1.54, 1.807) is 12.3 Å². The molecule has 1 aromatic heterocycles. The molecule has 5 nitrogen and oxygen atoms in total. The second-order valence-corrected chi connectivity index (χ2v) is 8.01. The molecule has 1 aliphatic rings. The number of rotatable bonds is 5. The van der Waals surface area contributed by atoms with Gasteiger partial charge in [-0.25, -0.2) is 9.98 Å². The van der Waals surface area contributed by atoms with Crippen LogP contribution < -0.4 is 10.6 Å². The molecule has 7 heteroatoms.